The topological polar surface area (TPSA) is 61.7 Å². The van der Waals surface area contributed by atoms with E-state index in [0.29, 0.717) is 18.0 Å². The molecule has 0 unspecified atom stereocenters. The maximum Gasteiger partial charge on any atom is 0.149 e. The summed E-state index contributed by atoms with van der Waals surface area (Å²) in [5, 5.41) is 9.43. The first-order valence-electron chi connectivity index (χ1n) is 7.10. The smallest absolute Gasteiger partial charge is 0.149 e. The lowest BCUT2D eigenvalue weighted by Crippen LogP contribution is -1.91. The van der Waals surface area contributed by atoms with E-state index in [0.717, 1.165) is 22.3 Å². The Kier molecular flexibility index (Phi) is 3.88. The van der Waals surface area contributed by atoms with Crippen molar-refractivity contribution in [1.82, 2.24) is 9.97 Å². The third-order valence-electron chi connectivity index (χ3n) is 3.25. The standard InChI is InChI=1S/C18H15N3O/c1-2-22-15-7-5-6-13(11-15)10-14(12-19)18-20-16-8-3-4-9-17(16)21-18/h3-11H,2H2,1H3,(H,20,21)/b14-10-. The van der Waals surface area contributed by atoms with Gasteiger partial charge in [-0.15, -0.1) is 0 Å². The third kappa shape index (κ3) is 2.84. The average Bonchev–Trinajstić information content (AvgIpc) is 2.97. The highest BCUT2D eigenvalue weighted by molar-refractivity contribution is 5.90. The Bertz CT molecular complexity index is 838. The highest BCUT2D eigenvalue weighted by atomic mass is 16.5. The summed E-state index contributed by atoms with van der Waals surface area (Å²) in [7, 11) is 0. The molecule has 0 bridgehead atoms. The van der Waals surface area contributed by atoms with Crippen molar-refractivity contribution < 1.29 is 4.74 Å². The number of benzene rings is 2. The third-order valence-corrected chi connectivity index (χ3v) is 3.25. The van der Waals surface area contributed by atoms with E-state index in [1.54, 1.807) is 6.08 Å². The molecule has 4 heteroatoms. The minimum atomic E-state index is 0.491. The van der Waals surface area contributed by atoms with Gasteiger partial charge in [-0.25, -0.2) is 4.98 Å². The molecule has 1 N–H and O–H groups in total. The molecule has 0 fully saturated rings. The first-order valence-corrected chi connectivity index (χ1v) is 7.10. The molecule has 0 aliphatic carbocycles. The summed E-state index contributed by atoms with van der Waals surface area (Å²) < 4.78 is 5.48. The van der Waals surface area contributed by atoms with E-state index in [1.165, 1.54) is 0 Å². The van der Waals surface area contributed by atoms with E-state index < -0.39 is 0 Å². The van der Waals surface area contributed by atoms with E-state index in [9.17, 15) is 5.26 Å². The van der Waals surface area contributed by atoms with Gasteiger partial charge in [0, 0.05) is 0 Å². The van der Waals surface area contributed by atoms with Crippen LogP contribution in [0.15, 0.2) is 48.5 Å². The van der Waals surface area contributed by atoms with Crippen LogP contribution in [0.2, 0.25) is 0 Å². The normalized spacial score (nSPS) is 11.4. The summed E-state index contributed by atoms with van der Waals surface area (Å²) >= 11 is 0. The molecule has 0 amide bonds. The van der Waals surface area contributed by atoms with Crippen molar-refractivity contribution in [3.63, 3.8) is 0 Å². The number of hydrogen-bond donors (Lipinski definition) is 1. The van der Waals surface area contributed by atoms with Crippen molar-refractivity contribution in [2.45, 2.75) is 6.92 Å². The van der Waals surface area contributed by atoms with Crippen molar-refractivity contribution in [2.24, 2.45) is 0 Å². The number of fused-ring (bicyclic) bond motifs is 1. The highest BCUT2D eigenvalue weighted by Crippen LogP contribution is 2.21. The fourth-order valence-electron chi connectivity index (χ4n) is 2.26. The number of hydrogen-bond acceptors (Lipinski definition) is 3. The molecule has 0 saturated heterocycles. The maximum atomic E-state index is 9.43. The predicted molar refractivity (Wildman–Crippen MR) is 87.2 cm³/mol. The molecule has 2 aromatic carbocycles. The minimum Gasteiger partial charge on any atom is -0.494 e. The fourth-order valence-corrected chi connectivity index (χ4v) is 2.26. The molecule has 0 spiro atoms. The van der Waals surface area contributed by atoms with Crippen molar-refractivity contribution in [3.8, 4) is 11.8 Å². The zero-order chi connectivity index (χ0) is 15.4. The summed E-state index contributed by atoms with van der Waals surface area (Å²) in [6, 6.07) is 17.6. The Morgan fingerprint density at radius 1 is 1.27 bits per heavy atom. The minimum absolute atomic E-state index is 0.491. The molecule has 4 nitrogen and oxygen atoms in total. The highest BCUT2D eigenvalue weighted by Gasteiger charge is 2.07. The van der Waals surface area contributed by atoms with Crippen LogP contribution in [0.3, 0.4) is 0 Å². The van der Waals surface area contributed by atoms with Gasteiger partial charge in [0.2, 0.25) is 0 Å². The van der Waals surface area contributed by atoms with Crippen LogP contribution in [0, 0.1) is 11.3 Å². The van der Waals surface area contributed by atoms with Gasteiger partial charge in [0.1, 0.15) is 17.6 Å². The molecule has 3 aromatic rings. The molecule has 1 aromatic heterocycles. The molecule has 108 valence electrons. The van der Waals surface area contributed by atoms with Crippen LogP contribution in [-0.2, 0) is 0 Å². The number of allylic oxidation sites excluding steroid dienone is 1. The summed E-state index contributed by atoms with van der Waals surface area (Å²) in [4.78, 5) is 7.63. The van der Waals surface area contributed by atoms with Gasteiger partial charge >= 0.3 is 0 Å². The number of rotatable bonds is 4. The van der Waals surface area contributed by atoms with E-state index in [-0.39, 0.29) is 0 Å². The maximum absolute atomic E-state index is 9.43. The second kappa shape index (κ2) is 6.15. The molecule has 0 aliphatic heterocycles. The number of aromatic amines is 1. The Morgan fingerprint density at radius 2 is 2.14 bits per heavy atom. The summed E-state index contributed by atoms with van der Waals surface area (Å²) in [5.41, 5.74) is 3.16. The Balaban J connectivity index is 1.99. The predicted octanol–water partition coefficient (Wildman–Crippen LogP) is 4.03. The molecular weight excluding hydrogens is 274 g/mol. The molecule has 0 radical (unpaired) electrons. The number of ether oxygens (including phenoxy) is 1. The van der Waals surface area contributed by atoms with Gasteiger partial charge < -0.3 is 9.72 Å². The summed E-state index contributed by atoms with van der Waals surface area (Å²) in [6.45, 7) is 2.56. The average molecular weight is 289 g/mol. The molecule has 0 aliphatic rings. The summed E-state index contributed by atoms with van der Waals surface area (Å²) in [5.74, 6) is 1.36. The van der Waals surface area contributed by atoms with Gasteiger partial charge in [-0.3, -0.25) is 0 Å². The van der Waals surface area contributed by atoms with Crippen LogP contribution >= 0.6 is 0 Å². The number of para-hydroxylation sites is 2. The van der Waals surface area contributed by atoms with Crippen molar-refractivity contribution >= 4 is 22.7 Å². The molecular formula is C18H15N3O. The van der Waals surface area contributed by atoms with Crippen LogP contribution in [0.5, 0.6) is 5.75 Å². The monoisotopic (exact) mass is 289 g/mol. The van der Waals surface area contributed by atoms with Gasteiger partial charge in [0.15, 0.2) is 0 Å². The van der Waals surface area contributed by atoms with E-state index in [2.05, 4.69) is 16.0 Å². The number of aromatic nitrogens is 2. The van der Waals surface area contributed by atoms with Gasteiger partial charge in [0.25, 0.3) is 0 Å². The number of nitrogens with one attached hydrogen (secondary N) is 1. The van der Waals surface area contributed by atoms with Gasteiger partial charge in [-0.1, -0.05) is 24.3 Å². The Morgan fingerprint density at radius 3 is 2.91 bits per heavy atom. The molecule has 1 heterocycles. The van der Waals surface area contributed by atoms with Gasteiger partial charge in [0.05, 0.1) is 23.2 Å². The van der Waals surface area contributed by atoms with Crippen LogP contribution in [0.25, 0.3) is 22.7 Å². The van der Waals surface area contributed by atoms with Crippen LogP contribution in [0.1, 0.15) is 18.3 Å². The number of nitriles is 1. The van der Waals surface area contributed by atoms with E-state index >= 15 is 0 Å². The van der Waals surface area contributed by atoms with Gasteiger partial charge in [-0.2, -0.15) is 5.26 Å². The van der Waals surface area contributed by atoms with Crippen LogP contribution in [0.4, 0.5) is 0 Å². The second-order valence-electron chi connectivity index (χ2n) is 4.78. The second-order valence-corrected chi connectivity index (χ2v) is 4.78. The van der Waals surface area contributed by atoms with E-state index in [1.807, 2.05) is 55.5 Å². The largest absolute Gasteiger partial charge is 0.494 e. The number of nitrogens with zero attached hydrogens (tertiary/aromatic N) is 2. The lowest BCUT2D eigenvalue weighted by molar-refractivity contribution is 0.340. The Hall–Kier alpha value is -3.06. The van der Waals surface area contributed by atoms with Crippen molar-refractivity contribution in [3.05, 3.63) is 59.9 Å². The zero-order valence-corrected chi connectivity index (χ0v) is 12.2. The lowest BCUT2D eigenvalue weighted by atomic mass is 10.1. The fraction of sp³-hybridized carbons (Fsp3) is 0.111. The van der Waals surface area contributed by atoms with E-state index in [4.69, 9.17) is 4.74 Å². The van der Waals surface area contributed by atoms with Crippen LogP contribution < -0.4 is 4.74 Å². The van der Waals surface area contributed by atoms with Crippen molar-refractivity contribution in [1.29, 1.82) is 5.26 Å². The molecule has 3 rings (SSSR count). The molecule has 0 saturated carbocycles. The molecule has 0 atom stereocenters. The Labute approximate surface area is 128 Å². The van der Waals surface area contributed by atoms with Crippen LogP contribution in [-0.4, -0.2) is 16.6 Å². The number of imidazole rings is 1. The first kappa shape index (κ1) is 13.9. The molecule has 22 heavy (non-hydrogen) atoms. The SMILES string of the molecule is CCOc1cccc(/C=C(/C#N)c2nc3ccccc3[nH]2)c1. The van der Waals surface area contributed by atoms with Crippen molar-refractivity contribution in [2.75, 3.05) is 6.61 Å². The first-order chi connectivity index (χ1) is 10.8. The summed E-state index contributed by atoms with van der Waals surface area (Å²) in [6.07, 6.45) is 1.81. The quantitative estimate of drug-likeness (QED) is 0.738. The zero-order valence-electron chi connectivity index (χ0n) is 12.2. The van der Waals surface area contributed by atoms with Gasteiger partial charge in [-0.05, 0) is 42.8 Å². The lowest BCUT2D eigenvalue weighted by Gasteiger charge is -2.03. The number of H-pyrrole nitrogens is 1.